The molecule has 0 aromatic heterocycles. The lowest BCUT2D eigenvalue weighted by molar-refractivity contribution is -0.122. The molecule has 7 nitrogen and oxygen atoms in total. The average Bonchev–Trinajstić information content (AvgIpc) is 2.84. The molecule has 0 bridgehead atoms. The zero-order valence-electron chi connectivity index (χ0n) is 19.8. The molecule has 37 heavy (non-hydrogen) atoms. The number of para-hydroxylation sites is 1. The molecule has 0 spiro atoms. The van der Waals surface area contributed by atoms with Crippen molar-refractivity contribution in [3.8, 4) is 5.75 Å². The van der Waals surface area contributed by atoms with E-state index in [0.29, 0.717) is 16.9 Å². The van der Waals surface area contributed by atoms with Gasteiger partial charge in [-0.1, -0.05) is 47.5 Å². The van der Waals surface area contributed by atoms with Crippen molar-refractivity contribution in [3.63, 3.8) is 0 Å². The highest BCUT2D eigenvalue weighted by Gasteiger charge is 2.34. The Morgan fingerprint density at radius 2 is 1.70 bits per heavy atom. The third-order valence-electron chi connectivity index (χ3n) is 5.59. The van der Waals surface area contributed by atoms with Gasteiger partial charge in [0, 0.05) is 5.69 Å². The molecule has 0 saturated carbocycles. The van der Waals surface area contributed by atoms with Gasteiger partial charge >= 0.3 is 0 Å². The highest BCUT2D eigenvalue weighted by molar-refractivity contribution is 7.80. The summed E-state index contributed by atoms with van der Waals surface area (Å²) in [6.45, 7) is 3.62. The van der Waals surface area contributed by atoms with Crippen LogP contribution in [0.15, 0.2) is 66.2 Å². The first-order valence-corrected chi connectivity index (χ1v) is 12.3. The number of nitrogens with one attached hydrogen (secondary N) is 2. The number of ether oxygens (including phenoxy) is 1. The van der Waals surface area contributed by atoms with Gasteiger partial charge in [0.15, 0.2) is 17.5 Å². The van der Waals surface area contributed by atoms with Gasteiger partial charge in [0.1, 0.15) is 5.57 Å². The summed E-state index contributed by atoms with van der Waals surface area (Å²) in [6.07, 6.45) is 1.36. The Bertz CT molecular complexity index is 1430. The van der Waals surface area contributed by atoms with Crippen LogP contribution < -0.4 is 20.3 Å². The van der Waals surface area contributed by atoms with Crippen molar-refractivity contribution in [1.82, 2.24) is 5.32 Å². The largest absolute Gasteiger partial charge is 0.481 e. The minimum Gasteiger partial charge on any atom is -0.481 e. The first kappa shape index (κ1) is 26.3. The fourth-order valence-electron chi connectivity index (χ4n) is 3.59. The summed E-state index contributed by atoms with van der Waals surface area (Å²) in [4.78, 5) is 39.3. The Hall–Kier alpha value is -3.72. The molecule has 3 aromatic rings. The molecular formula is C27H21Cl2N3O4S. The third-order valence-corrected chi connectivity index (χ3v) is 6.43. The van der Waals surface area contributed by atoms with Gasteiger partial charge in [-0.2, -0.15) is 0 Å². The molecule has 0 radical (unpaired) electrons. The van der Waals surface area contributed by atoms with E-state index in [1.807, 2.05) is 26.0 Å². The molecule has 2 N–H and O–H groups in total. The summed E-state index contributed by atoms with van der Waals surface area (Å²) >= 11 is 17.9. The minimum absolute atomic E-state index is 0.0164. The van der Waals surface area contributed by atoms with Gasteiger partial charge in [0.2, 0.25) is 0 Å². The predicted molar refractivity (Wildman–Crippen MR) is 149 cm³/mol. The number of halogens is 2. The quantitative estimate of drug-likeness (QED) is 0.240. The van der Waals surface area contributed by atoms with E-state index in [2.05, 4.69) is 10.6 Å². The molecule has 1 aliphatic rings. The van der Waals surface area contributed by atoms with E-state index in [1.165, 1.54) is 23.1 Å². The van der Waals surface area contributed by atoms with Gasteiger partial charge in [-0.15, -0.1) is 0 Å². The number of anilines is 2. The molecule has 3 aromatic carbocycles. The molecule has 10 heteroatoms. The van der Waals surface area contributed by atoms with Crippen LogP contribution in [0, 0.1) is 13.8 Å². The molecule has 0 atom stereocenters. The highest BCUT2D eigenvalue weighted by Crippen LogP contribution is 2.35. The Morgan fingerprint density at radius 3 is 2.35 bits per heavy atom. The molecular weight excluding hydrogens is 533 g/mol. The van der Waals surface area contributed by atoms with Crippen LogP contribution in [0.3, 0.4) is 0 Å². The van der Waals surface area contributed by atoms with E-state index in [0.717, 1.165) is 11.1 Å². The highest BCUT2D eigenvalue weighted by atomic mass is 35.5. The monoisotopic (exact) mass is 553 g/mol. The van der Waals surface area contributed by atoms with Gasteiger partial charge in [-0.25, -0.2) is 0 Å². The second-order valence-corrected chi connectivity index (χ2v) is 9.44. The first-order chi connectivity index (χ1) is 17.6. The lowest BCUT2D eigenvalue weighted by Crippen LogP contribution is -2.54. The van der Waals surface area contributed by atoms with Crippen molar-refractivity contribution >= 4 is 75.7 Å². The van der Waals surface area contributed by atoms with Crippen LogP contribution in [0.5, 0.6) is 5.75 Å². The molecule has 3 amide bonds. The van der Waals surface area contributed by atoms with Crippen molar-refractivity contribution in [3.05, 3.63) is 93.0 Å². The summed E-state index contributed by atoms with van der Waals surface area (Å²) in [5, 5.41) is 5.48. The van der Waals surface area contributed by atoms with Crippen LogP contribution >= 0.6 is 35.4 Å². The number of hydrogen-bond acceptors (Lipinski definition) is 5. The molecule has 0 unspecified atom stereocenters. The molecule has 1 fully saturated rings. The fraction of sp³-hybridized carbons (Fsp3) is 0.111. The Labute approximate surface area is 229 Å². The lowest BCUT2D eigenvalue weighted by Gasteiger charge is -2.28. The van der Waals surface area contributed by atoms with E-state index in [9.17, 15) is 14.4 Å². The number of amides is 3. The van der Waals surface area contributed by atoms with E-state index >= 15 is 0 Å². The SMILES string of the molecule is Cc1ccc(NC(=O)COc2c(Cl)cc(/C=C3/C(=O)NC(=S)N(c4ccccc4)C3=O)cc2Cl)cc1C. The summed E-state index contributed by atoms with van der Waals surface area (Å²) in [5.41, 5.74) is 3.57. The number of carbonyl (C=O) groups excluding carboxylic acids is 3. The standard InChI is InChI=1S/C27H21Cl2N3O4S/c1-15-8-9-18(10-16(15)2)30-23(33)14-36-24-21(28)12-17(13-22(24)29)11-20-25(34)31-27(37)32(26(20)35)19-6-4-3-5-7-19/h3-13H,14H2,1-2H3,(H,30,33)(H,31,34,37)/b20-11-. The predicted octanol–water partition coefficient (Wildman–Crippen LogP) is 5.46. The maximum Gasteiger partial charge on any atom is 0.270 e. The number of hydrogen-bond donors (Lipinski definition) is 2. The topological polar surface area (TPSA) is 87.7 Å². The maximum atomic E-state index is 13.1. The smallest absolute Gasteiger partial charge is 0.270 e. The van der Waals surface area contributed by atoms with Crippen LogP contribution in [0.25, 0.3) is 6.08 Å². The van der Waals surface area contributed by atoms with Gasteiger partial charge in [0.25, 0.3) is 17.7 Å². The molecule has 188 valence electrons. The van der Waals surface area contributed by atoms with Gasteiger partial charge < -0.3 is 10.1 Å². The molecule has 4 rings (SSSR count). The normalized spacial score (nSPS) is 14.5. The number of rotatable bonds is 6. The van der Waals surface area contributed by atoms with Crippen LogP contribution in [0.1, 0.15) is 16.7 Å². The van der Waals surface area contributed by atoms with E-state index in [-0.39, 0.29) is 39.0 Å². The minimum atomic E-state index is -0.641. The van der Waals surface area contributed by atoms with Gasteiger partial charge in [0.05, 0.1) is 15.7 Å². The van der Waals surface area contributed by atoms with Crippen LogP contribution in [-0.2, 0) is 14.4 Å². The van der Waals surface area contributed by atoms with E-state index in [1.54, 1.807) is 36.4 Å². The van der Waals surface area contributed by atoms with E-state index < -0.39 is 11.8 Å². The zero-order chi connectivity index (χ0) is 26.7. The Balaban J connectivity index is 1.50. The Kier molecular flexibility index (Phi) is 7.92. The number of thiocarbonyl (C=S) groups is 1. The third kappa shape index (κ3) is 5.99. The second-order valence-electron chi connectivity index (χ2n) is 8.24. The van der Waals surface area contributed by atoms with Crippen LogP contribution in [0.2, 0.25) is 10.0 Å². The molecule has 1 saturated heterocycles. The average molecular weight is 554 g/mol. The molecule has 0 aliphatic carbocycles. The lowest BCUT2D eigenvalue weighted by atomic mass is 10.1. The van der Waals surface area contributed by atoms with Crippen molar-refractivity contribution < 1.29 is 19.1 Å². The van der Waals surface area contributed by atoms with Crippen LogP contribution in [-0.4, -0.2) is 29.4 Å². The number of aryl methyl sites for hydroxylation is 2. The number of carbonyl (C=O) groups is 3. The molecule has 1 aliphatic heterocycles. The van der Waals surface area contributed by atoms with E-state index in [4.69, 9.17) is 40.2 Å². The van der Waals surface area contributed by atoms with Crippen molar-refractivity contribution in [2.45, 2.75) is 13.8 Å². The summed E-state index contributed by atoms with van der Waals surface area (Å²) < 4.78 is 5.56. The summed E-state index contributed by atoms with van der Waals surface area (Å²) in [6, 6.07) is 17.3. The number of benzene rings is 3. The molecule has 1 heterocycles. The van der Waals surface area contributed by atoms with Crippen LogP contribution in [0.4, 0.5) is 11.4 Å². The van der Waals surface area contributed by atoms with Crippen molar-refractivity contribution in [2.75, 3.05) is 16.8 Å². The Morgan fingerprint density at radius 1 is 1.03 bits per heavy atom. The van der Waals surface area contributed by atoms with Gasteiger partial charge in [-0.3, -0.25) is 24.6 Å². The fourth-order valence-corrected chi connectivity index (χ4v) is 4.48. The first-order valence-electron chi connectivity index (χ1n) is 11.1. The second kappa shape index (κ2) is 11.1. The summed E-state index contributed by atoms with van der Waals surface area (Å²) in [7, 11) is 0. The van der Waals surface area contributed by atoms with Gasteiger partial charge in [-0.05, 0) is 85.2 Å². The van der Waals surface area contributed by atoms with Crippen molar-refractivity contribution in [1.29, 1.82) is 0 Å². The summed E-state index contributed by atoms with van der Waals surface area (Å²) in [5.74, 6) is -1.51. The van der Waals surface area contributed by atoms with Crippen molar-refractivity contribution in [2.24, 2.45) is 0 Å². The number of nitrogens with zero attached hydrogens (tertiary/aromatic N) is 1. The zero-order valence-corrected chi connectivity index (χ0v) is 22.1. The maximum absolute atomic E-state index is 13.1.